The molecule has 2 aromatic heterocycles. The van der Waals surface area contributed by atoms with Crippen LogP contribution in [0.1, 0.15) is 87.2 Å². The van der Waals surface area contributed by atoms with Crippen molar-refractivity contribution in [3.63, 3.8) is 0 Å². The molecular formula is C74H60N2O2. The lowest BCUT2D eigenvalue weighted by molar-refractivity contribution is 0.444. The van der Waals surface area contributed by atoms with Crippen LogP contribution in [0.2, 0.25) is 0 Å². The summed E-state index contributed by atoms with van der Waals surface area (Å²) in [5.41, 5.74) is 17.8. The van der Waals surface area contributed by atoms with Crippen LogP contribution in [0.15, 0.2) is 239 Å². The number of rotatable bonds is 10. The number of anilines is 6. The quantitative estimate of drug-likeness (QED) is 0.101. The molecule has 2 aliphatic carbocycles. The van der Waals surface area contributed by atoms with Gasteiger partial charge >= 0.3 is 0 Å². The molecule has 0 radical (unpaired) electrons. The number of furan rings is 2. The van der Waals surface area contributed by atoms with Gasteiger partial charge in [0.1, 0.15) is 22.3 Å². The number of hydrogen-bond acceptors (Lipinski definition) is 4. The van der Waals surface area contributed by atoms with Crippen molar-refractivity contribution in [3.05, 3.63) is 242 Å². The summed E-state index contributed by atoms with van der Waals surface area (Å²) < 4.78 is 13.5. The van der Waals surface area contributed by atoms with Crippen molar-refractivity contribution in [1.29, 1.82) is 0 Å². The first kappa shape index (κ1) is 46.4. The third-order valence-electron chi connectivity index (χ3n) is 17.4. The molecule has 0 atom stereocenters. The summed E-state index contributed by atoms with van der Waals surface area (Å²) in [7, 11) is 0. The first-order chi connectivity index (χ1) is 38.7. The van der Waals surface area contributed by atoms with E-state index in [0.29, 0.717) is 11.8 Å². The lowest BCUT2D eigenvalue weighted by Gasteiger charge is -2.34. The molecule has 0 spiro atoms. The SMILES string of the molecule is c1ccc(-c2ccc(N(c3c4ccc(C5CCCCC5)cc4c(N(c4ccc(-c5ccccc5)cc4)c4cccc5oc6ccccc6c45)c4ccc(C5CCCCC5)cc34)c3cccc4oc5ccccc5c34)cc2)cc1. The Bertz CT molecular complexity index is 4050. The normalized spacial score (nSPS) is 14.6. The molecule has 378 valence electrons. The van der Waals surface area contributed by atoms with Gasteiger partial charge in [-0.25, -0.2) is 0 Å². The zero-order valence-electron chi connectivity index (χ0n) is 43.9. The molecule has 0 unspecified atom stereocenters. The summed E-state index contributed by atoms with van der Waals surface area (Å²) in [5.74, 6) is 0.965. The Hall–Kier alpha value is -8.86. The minimum Gasteiger partial charge on any atom is -0.456 e. The van der Waals surface area contributed by atoms with Crippen LogP contribution >= 0.6 is 0 Å². The Morgan fingerprint density at radius 2 is 0.654 bits per heavy atom. The van der Waals surface area contributed by atoms with E-state index in [-0.39, 0.29) is 0 Å². The van der Waals surface area contributed by atoms with Gasteiger partial charge < -0.3 is 18.6 Å². The molecule has 0 bridgehead atoms. The van der Waals surface area contributed by atoms with Crippen LogP contribution in [0, 0.1) is 0 Å². The standard InChI is InChI=1S/C74H60N2O2/c1-5-19-49(20-6-1)53-35-41-57(42-36-53)75(65-29-17-33-69-71(65)61-27-13-15-31-67(61)77-69)73-59-45-39-56(52-25-11-4-12-26-52)48-64(59)74(60-46-40-55(47-63(60)73)51-23-9-3-10-24-51)76(58-43-37-54(38-44-58)50-21-7-2-8-22-50)66-30-18-34-70-72(66)62-28-14-16-32-68(62)78-70/h1-2,5-8,13-22,27-48,51-52H,3-4,9-12,23-26H2. The van der Waals surface area contributed by atoms with Gasteiger partial charge in [-0.05, 0) is 144 Å². The summed E-state index contributed by atoms with van der Waals surface area (Å²) in [6.45, 7) is 0. The summed E-state index contributed by atoms with van der Waals surface area (Å²) >= 11 is 0. The van der Waals surface area contributed by atoms with Gasteiger partial charge in [-0.2, -0.15) is 0 Å². The molecule has 2 saturated carbocycles. The van der Waals surface area contributed by atoms with E-state index in [9.17, 15) is 0 Å². The number of para-hydroxylation sites is 2. The maximum Gasteiger partial charge on any atom is 0.137 e. The lowest BCUT2D eigenvalue weighted by Crippen LogP contribution is -2.16. The van der Waals surface area contributed by atoms with E-state index in [4.69, 9.17) is 8.83 Å². The van der Waals surface area contributed by atoms with Gasteiger partial charge in [-0.1, -0.05) is 196 Å². The number of fused-ring (bicyclic) bond motifs is 8. The first-order valence-electron chi connectivity index (χ1n) is 28.5. The molecule has 11 aromatic carbocycles. The Balaban J connectivity index is 1.09. The highest BCUT2D eigenvalue weighted by Gasteiger charge is 2.31. The maximum absolute atomic E-state index is 6.75. The largest absolute Gasteiger partial charge is 0.456 e. The van der Waals surface area contributed by atoms with E-state index >= 15 is 0 Å². The van der Waals surface area contributed by atoms with Crippen LogP contribution < -0.4 is 9.80 Å². The Morgan fingerprint density at radius 1 is 0.282 bits per heavy atom. The second kappa shape index (κ2) is 19.6. The molecule has 0 N–H and O–H groups in total. The molecule has 13 aromatic rings. The minimum absolute atomic E-state index is 0.483. The van der Waals surface area contributed by atoms with Gasteiger partial charge in [0, 0.05) is 43.7 Å². The fraction of sp³-hybridized carbons (Fsp3) is 0.162. The third-order valence-corrected chi connectivity index (χ3v) is 17.4. The monoisotopic (exact) mass is 1010 g/mol. The summed E-state index contributed by atoms with van der Waals surface area (Å²) in [4.78, 5) is 5.17. The van der Waals surface area contributed by atoms with Crippen molar-refractivity contribution in [1.82, 2.24) is 0 Å². The van der Waals surface area contributed by atoms with E-state index in [1.807, 2.05) is 0 Å². The van der Waals surface area contributed by atoms with Gasteiger partial charge in [0.15, 0.2) is 0 Å². The van der Waals surface area contributed by atoms with Gasteiger partial charge in [0.05, 0.1) is 33.5 Å². The van der Waals surface area contributed by atoms with Crippen LogP contribution in [0.5, 0.6) is 0 Å². The predicted molar refractivity (Wildman–Crippen MR) is 328 cm³/mol. The van der Waals surface area contributed by atoms with E-state index < -0.39 is 0 Å². The smallest absolute Gasteiger partial charge is 0.137 e. The second-order valence-electron chi connectivity index (χ2n) is 22.0. The van der Waals surface area contributed by atoms with E-state index in [2.05, 4.69) is 240 Å². The zero-order chi connectivity index (χ0) is 51.5. The fourth-order valence-electron chi connectivity index (χ4n) is 13.6. The molecule has 0 amide bonds. The first-order valence-corrected chi connectivity index (χ1v) is 28.5. The molecule has 78 heavy (non-hydrogen) atoms. The van der Waals surface area contributed by atoms with E-state index in [1.54, 1.807) is 0 Å². The van der Waals surface area contributed by atoms with Crippen LogP contribution in [0.25, 0.3) is 87.7 Å². The van der Waals surface area contributed by atoms with Gasteiger partial charge in [0.25, 0.3) is 0 Å². The maximum atomic E-state index is 6.75. The molecular weight excluding hydrogens is 949 g/mol. The molecule has 4 nitrogen and oxygen atoms in total. The molecule has 4 heteroatoms. The average Bonchev–Trinajstić information content (AvgIpc) is 4.24. The van der Waals surface area contributed by atoms with Gasteiger partial charge in [-0.3, -0.25) is 0 Å². The lowest BCUT2D eigenvalue weighted by atomic mass is 9.81. The summed E-state index contributed by atoms with van der Waals surface area (Å²) in [6, 6.07) is 85.5. The van der Waals surface area contributed by atoms with E-state index in [0.717, 1.165) is 66.6 Å². The Morgan fingerprint density at radius 3 is 1.08 bits per heavy atom. The highest BCUT2D eigenvalue weighted by Crippen LogP contribution is 2.55. The molecule has 2 aliphatic rings. The van der Waals surface area contributed by atoms with Crippen molar-refractivity contribution in [2.45, 2.75) is 76.0 Å². The zero-order valence-corrected chi connectivity index (χ0v) is 43.9. The van der Waals surface area contributed by atoms with Crippen molar-refractivity contribution in [2.24, 2.45) is 0 Å². The Kier molecular flexibility index (Phi) is 11.7. The van der Waals surface area contributed by atoms with Crippen LogP contribution in [0.4, 0.5) is 34.1 Å². The molecule has 0 saturated heterocycles. The molecule has 2 heterocycles. The van der Waals surface area contributed by atoms with Gasteiger partial charge in [0.2, 0.25) is 0 Å². The minimum atomic E-state index is 0.483. The number of nitrogens with zero attached hydrogens (tertiary/aromatic N) is 2. The van der Waals surface area contributed by atoms with Gasteiger partial charge in [-0.15, -0.1) is 0 Å². The van der Waals surface area contributed by atoms with Crippen LogP contribution in [0.3, 0.4) is 0 Å². The highest BCUT2D eigenvalue weighted by atomic mass is 16.3. The fourth-order valence-corrected chi connectivity index (χ4v) is 13.6. The van der Waals surface area contributed by atoms with Crippen molar-refractivity contribution >= 4 is 99.5 Å². The number of hydrogen-bond donors (Lipinski definition) is 0. The number of benzene rings is 11. The highest BCUT2D eigenvalue weighted by molar-refractivity contribution is 6.26. The van der Waals surface area contributed by atoms with Crippen LogP contribution in [-0.2, 0) is 0 Å². The summed E-state index contributed by atoms with van der Waals surface area (Å²) in [6.07, 6.45) is 12.4. The molecule has 2 fully saturated rings. The predicted octanol–water partition coefficient (Wildman–Crippen LogP) is 22.2. The van der Waals surface area contributed by atoms with Crippen LogP contribution in [-0.4, -0.2) is 0 Å². The van der Waals surface area contributed by atoms with Crippen molar-refractivity contribution in [3.8, 4) is 22.3 Å². The average molecular weight is 1010 g/mol. The topological polar surface area (TPSA) is 32.8 Å². The molecule has 15 rings (SSSR count). The molecule has 0 aliphatic heterocycles. The summed E-state index contributed by atoms with van der Waals surface area (Å²) in [5, 5.41) is 9.25. The third kappa shape index (κ3) is 8.04. The van der Waals surface area contributed by atoms with Crippen molar-refractivity contribution in [2.75, 3.05) is 9.80 Å². The Labute approximate surface area is 455 Å². The van der Waals surface area contributed by atoms with E-state index in [1.165, 1.54) is 131 Å². The second-order valence-corrected chi connectivity index (χ2v) is 22.0. The van der Waals surface area contributed by atoms with Crippen molar-refractivity contribution < 1.29 is 8.83 Å².